The van der Waals surface area contributed by atoms with E-state index in [1.54, 1.807) is 4.90 Å². The summed E-state index contributed by atoms with van der Waals surface area (Å²) in [7, 11) is -2.59. The largest absolute Gasteiger partial charge is 0.444 e. The molecule has 5 aromatic rings. The highest BCUT2D eigenvalue weighted by Gasteiger charge is 2.50. The number of fused-ring (bicyclic) bond motifs is 2. The number of amides is 2. The first kappa shape index (κ1) is 52.6. The van der Waals surface area contributed by atoms with Crippen molar-refractivity contribution in [3.8, 4) is 0 Å². The van der Waals surface area contributed by atoms with Crippen LogP contribution in [0.4, 0.5) is 15.3 Å². The number of nitrogens with zero attached hydrogens (tertiary/aromatic N) is 7. The third kappa shape index (κ3) is 12.0. The molecule has 14 nitrogen and oxygen atoms in total. The second-order valence-electron chi connectivity index (χ2n) is 24.7. The molecule has 0 saturated carbocycles. The number of aliphatic hydroxyl groups is 2. The van der Waals surface area contributed by atoms with E-state index in [0.29, 0.717) is 19.7 Å². The first-order valence-corrected chi connectivity index (χ1v) is 33.6. The summed E-state index contributed by atoms with van der Waals surface area (Å²) in [6, 6.07) is 22.8. The van der Waals surface area contributed by atoms with Gasteiger partial charge in [0.15, 0.2) is 0 Å². The summed E-state index contributed by atoms with van der Waals surface area (Å²) in [5.41, 5.74) is 4.58. The average molecular weight is 1010 g/mol. The van der Waals surface area contributed by atoms with Crippen molar-refractivity contribution in [2.75, 3.05) is 24.6 Å². The zero-order chi connectivity index (χ0) is 51.2. The third-order valence-corrected chi connectivity index (χ3v) is 17.6. The maximum Gasteiger partial charge on any atom is 0.410 e. The zero-order valence-corrected chi connectivity index (χ0v) is 46.6. The minimum atomic E-state index is -1.36. The van der Waals surface area contributed by atoms with Crippen LogP contribution in [0.5, 0.6) is 0 Å². The van der Waals surface area contributed by atoms with Gasteiger partial charge in [0.25, 0.3) is 0 Å². The minimum Gasteiger partial charge on any atom is -0.444 e. The molecular weight excluding hydrogens is 927 g/mol. The highest BCUT2D eigenvalue weighted by atomic mass is 28.3. The average Bonchev–Trinajstić information content (AvgIpc) is 4.12. The lowest BCUT2D eigenvalue weighted by molar-refractivity contribution is 0.0199. The van der Waals surface area contributed by atoms with Gasteiger partial charge in [-0.1, -0.05) is 82.1 Å². The van der Waals surface area contributed by atoms with Crippen molar-refractivity contribution < 1.29 is 34.0 Å². The Bertz CT molecular complexity index is 2500. The molecule has 2 aromatic heterocycles. The number of imidazole rings is 2. The van der Waals surface area contributed by atoms with Gasteiger partial charge in [-0.15, -0.1) is 0 Å². The molecular formula is C55H81N7O7Si2. The van der Waals surface area contributed by atoms with Gasteiger partial charge in [-0.05, 0) is 127 Å². The van der Waals surface area contributed by atoms with Crippen molar-refractivity contribution in [3.05, 3.63) is 89.5 Å². The van der Waals surface area contributed by atoms with Crippen molar-refractivity contribution in [1.82, 2.24) is 28.9 Å². The molecule has 2 amide bonds. The number of hydrogen-bond donors (Lipinski definition) is 2. The number of rotatable bonds is 15. The maximum absolute atomic E-state index is 13.7. The highest BCUT2D eigenvalue weighted by Crippen LogP contribution is 2.49. The molecule has 0 radical (unpaired) electrons. The number of carbonyl (C=O) groups excluding carboxylic acids is 2. The van der Waals surface area contributed by atoms with Crippen LogP contribution < -0.4 is 4.90 Å². The van der Waals surface area contributed by atoms with Crippen LogP contribution in [-0.4, -0.2) is 111 Å². The van der Waals surface area contributed by atoms with Crippen molar-refractivity contribution in [2.45, 2.75) is 192 Å². The topological polar surface area (TPSA) is 148 Å². The van der Waals surface area contributed by atoms with Crippen LogP contribution in [0.25, 0.3) is 22.1 Å². The number of ether oxygens (including phenoxy) is 3. The minimum absolute atomic E-state index is 0.230. The summed E-state index contributed by atoms with van der Waals surface area (Å²) in [6.45, 7) is 28.5. The molecule has 8 rings (SSSR count). The van der Waals surface area contributed by atoms with Gasteiger partial charge >= 0.3 is 12.2 Å². The van der Waals surface area contributed by atoms with E-state index in [1.165, 1.54) is 6.04 Å². The number of aryl methyl sites for hydroxylation is 1. The summed E-state index contributed by atoms with van der Waals surface area (Å²) in [5, 5.41) is 24.7. The Kier molecular flexibility index (Phi) is 15.3. The summed E-state index contributed by atoms with van der Waals surface area (Å²) >= 11 is 0. The SMILES string of the molecule is CC(C)(C)OC(=O)N1CCCC1c1nc2cc(C3[C@@H](O)[C@H](O)[C@H](c4ccc5c(c4)nc([C@@H]4CCCN4C(=O)OC(C)(C)C)n5CCCC[Si](C)(C)C)N3c3ccccc3)ccc2n1COCC[Si](C)(C)C. The van der Waals surface area contributed by atoms with E-state index in [2.05, 4.69) is 71.5 Å². The predicted octanol–water partition coefficient (Wildman–Crippen LogP) is 12.0. The highest BCUT2D eigenvalue weighted by molar-refractivity contribution is 6.76. The molecule has 0 bridgehead atoms. The van der Waals surface area contributed by atoms with E-state index in [4.69, 9.17) is 24.2 Å². The second kappa shape index (κ2) is 20.6. The number of carbonyl (C=O) groups is 2. The Balaban J connectivity index is 1.18. The molecule has 3 saturated heterocycles. The second-order valence-corrected chi connectivity index (χ2v) is 35.9. The van der Waals surface area contributed by atoms with Gasteiger partial charge < -0.3 is 38.5 Å². The Morgan fingerprint density at radius 2 is 1.13 bits per heavy atom. The van der Waals surface area contributed by atoms with Crippen LogP contribution in [0, 0.1) is 0 Å². The summed E-state index contributed by atoms with van der Waals surface area (Å²) < 4.78 is 22.6. The molecule has 16 heteroatoms. The van der Waals surface area contributed by atoms with Gasteiger partial charge in [0.05, 0.1) is 46.2 Å². The van der Waals surface area contributed by atoms with E-state index in [1.807, 2.05) is 95.0 Å². The van der Waals surface area contributed by atoms with Crippen LogP contribution in [0.3, 0.4) is 0 Å². The third-order valence-electron chi connectivity index (χ3n) is 14.1. The molecule has 2 N–H and O–H groups in total. The molecule has 71 heavy (non-hydrogen) atoms. The molecule has 0 aliphatic carbocycles. The van der Waals surface area contributed by atoms with Gasteiger partial charge in [-0.25, -0.2) is 19.6 Å². The fraction of sp³-hybridized carbons (Fsp3) is 0.600. The maximum atomic E-state index is 13.7. The predicted molar refractivity (Wildman–Crippen MR) is 287 cm³/mol. The quantitative estimate of drug-likeness (QED) is 0.0767. The van der Waals surface area contributed by atoms with E-state index < -0.39 is 51.6 Å². The Morgan fingerprint density at radius 1 is 0.648 bits per heavy atom. The summed E-state index contributed by atoms with van der Waals surface area (Å²) in [6.07, 6.45) is 2.33. The monoisotopic (exact) mass is 1010 g/mol. The van der Waals surface area contributed by atoms with Crippen LogP contribution in [0.15, 0.2) is 66.7 Å². The van der Waals surface area contributed by atoms with E-state index in [9.17, 15) is 19.8 Å². The molecule has 2 unspecified atom stereocenters. The Hall–Kier alpha value is -4.75. The van der Waals surface area contributed by atoms with Gasteiger partial charge in [0, 0.05) is 48.1 Å². The fourth-order valence-corrected chi connectivity index (χ4v) is 12.8. The number of likely N-dealkylation sites (tertiary alicyclic amines) is 2. The lowest BCUT2D eigenvalue weighted by atomic mass is 9.98. The van der Waals surface area contributed by atoms with Crippen molar-refractivity contribution in [1.29, 1.82) is 0 Å². The first-order chi connectivity index (χ1) is 33.4. The van der Waals surface area contributed by atoms with Gasteiger partial charge in [-0.2, -0.15) is 0 Å². The van der Waals surface area contributed by atoms with Gasteiger partial charge in [-0.3, -0.25) is 9.80 Å². The van der Waals surface area contributed by atoms with Gasteiger partial charge in [0.1, 0.15) is 41.8 Å². The van der Waals surface area contributed by atoms with Crippen molar-refractivity contribution >= 4 is 56.1 Å². The number of hydrogen-bond acceptors (Lipinski definition) is 10. The molecule has 3 aliphatic heterocycles. The molecule has 0 spiro atoms. The number of anilines is 1. The lowest BCUT2D eigenvalue weighted by Crippen LogP contribution is -2.37. The fourth-order valence-electron chi connectivity index (χ4n) is 10.7. The number of para-hydroxylation sites is 1. The molecule has 3 aromatic carbocycles. The molecule has 6 atom stereocenters. The smallest absolute Gasteiger partial charge is 0.410 e. The lowest BCUT2D eigenvalue weighted by Gasteiger charge is -2.33. The Labute approximate surface area is 423 Å². The number of unbranched alkanes of at least 4 members (excludes halogenated alkanes) is 1. The Morgan fingerprint density at radius 3 is 1.61 bits per heavy atom. The standard InChI is InChI=1S/C55H81N7O7Si2/c1-54(2,3)68-52(65)59-29-18-22-44(59)50-56-40-34-37(24-26-42(40)58(50)28-16-17-32-70(7,8)9)46-48(63)49(64)47(62(46)39-20-14-13-15-21-39)38-25-27-43-41(35-38)57-51(61(43)36-67-31-33-71(10,11)12)45-23-19-30-60(45)53(66)69-55(4,5)6/h13-15,20-21,24-27,34-35,44-49,63-64H,16-19,22-23,28-33,36H2,1-12H3/t44-,45?,46-,47?,48+,49+/m0/s1. The van der Waals surface area contributed by atoms with Crippen LogP contribution >= 0.6 is 0 Å². The molecule has 3 aliphatic rings. The van der Waals surface area contributed by atoms with Crippen LogP contribution in [0.2, 0.25) is 51.4 Å². The number of aromatic nitrogens is 4. The van der Waals surface area contributed by atoms with Crippen molar-refractivity contribution in [2.24, 2.45) is 0 Å². The van der Waals surface area contributed by atoms with E-state index >= 15 is 0 Å². The first-order valence-electron chi connectivity index (χ1n) is 26.1. The summed E-state index contributed by atoms with van der Waals surface area (Å²) in [4.78, 5) is 43.7. The normalized spacial score (nSPS) is 22.4. The zero-order valence-electron chi connectivity index (χ0n) is 44.6. The number of benzene rings is 3. The molecule has 5 heterocycles. The number of aliphatic hydroxyl groups excluding tert-OH is 2. The van der Waals surface area contributed by atoms with Crippen LogP contribution in [0.1, 0.15) is 127 Å². The van der Waals surface area contributed by atoms with Crippen molar-refractivity contribution in [3.63, 3.8) is 0 Å². The molecule has 3 fully saturated rings. The van der Waals surface area contributed by atoms with Crippen LogP contribution in [-0.2, 0) is 27.5 Å². The molecule has 386 valence electrons. The van der Waals surface area contributed by atoms with Gasteiger partial charge in [0.2, 0.25) is 0 Å². The van der Waals surface area contributed by atoms with E-state index in [-0.39, 0.29) is 31.0 Å². The van der Waals surface area contributed by atoms with E-state index in [0.717, 1.165) is 102 Å². The summed E-state index contributed by atoms with van der Waals surface area (Å²) in [5.74, 6) is 1.60.